The third-order valence-electron chi connectivity index (χ3n) is 2.06. The van der Waals surface area contributed by atoms with Crippen LogP contribution in [0.5, 0.6) is 0 Å². The molecule has 0 aromatic heterocycles. The van der Waals surface area contributed by atoms with Gasteiger partial charge < -0.3 is 5.73 Å². The Kier molecular flexibility index (Phi) is 3.69. The summed E-state index contributed by atoms with van der Waals surface area (Å²) in [4.78, 5) is 0. The smallest absolute Gasteiger partial charge is 0.325 e. The molecule has 0 aliphatic carbocycles. The minimum atomic E-state index is -4.34. The summed E-state index contributed by atoms with van der Waals surface area (Å²) in [5.74, 6) is 0. The zero-order valence-corrected chi connectivity index (χ0v) is 10.6. The Morgan fingerprint density at radius 1 is 1.25 bits per heavy atom. The van der Waals surface area contributed by atoms with Crippen LogP contribution in [0.25, 0.3) is 0 Å². The molecular formula is C11H13BrF3N. The van der Waals surface area contributed by atoms with E-state index in [2.05, 4.69) is 15.9 Å². The van der Waals surface area contributed by atoms with Crippen LogP contribution in [0.2, 0.25) is 0 Å². The Bertz CT molecular complexity index is 380. The van der Waals surface area contributed by atoms with Crippen molar-refractivity contribution in [3.05, 3.63) is 33.8 Å². The van der Waals surface area contributed by atoms with Gasteiger partial charge in [-0.15, -0.1) is 0 Å². The molecule has 0 atom stereocenters. The van der Waals surface area contributed by atoms with E-state index in [1.54, 1.807) is 19.9 Å². The molecule has 16 heavy (non-hydrogen) atoms. The fourth-order valence-corrected chi connectivity index (χ4v) is 1.97. The van der Waals surface area contributed by atoms with E-state index in [0.29, 0.717) is 4.47 Å². The molecule has 0 amide bonds. The molecule has 0 bridgehead atoms. The summed E-state index contributed by atoms with van der Waals surface area (Å²) < 4.78 is 38.7. The van der Waals surface area contributed by atoms with Gasteiger partial charge in [-0.2, -0.15) is 13.2 Å². The van der Waals surface area contributed by atoms with Crippen LogP contribution < -0.4 is 5.73 Å². The monoisotopic (exact) mass is 295 g/mol. The Balaban J connectivity index is 3.25. The van der Waals surface area contributed by atoms with Gasteiger partial charge in [-0.25, -0.2) is 0 Å². The molecule has 1 nitrogen and oxygen atoms in total. The molecule has 0 spiro atoms. The second-order valence-electron chi connectivity index (χ2n) is 4.43. The van der Waals surface area contributed by atoms with E-state index >= 15 is 0 Å². The van der Waals surface area contributed by atoms with Crippen molar-refractivity contribution in [1.82, 2.24) is 0 Å². The van der Waals surface area contributed by atoms with Crippen LogP contribution in [-0.4, -0.2) is 5.54 Å². The van der Waals surface area contributed by atoms with Gasteiger partial charge in [0.05, 0.1) is 5.56 Å². The maximum Gasteiger partial charge on any atom is 0.416 e. The molecule has 0 aliphatic rings. The number of benzene rings is 1. The average Bonchev–Trinajstić information content (AvgIpc) is 2.04. The van der Waals surface area contributed by atoms with Crippen molar-refractivity contribution in [1.29, 1.82) is 0 Å². The van der Waals surface area contributed by atoms with Gasteiger partial charge in [0.2, 0.25) is 0 Å². The fraction of sp³-hybridized carbons (Fsp3) is 0.455. The molecule has 1 aromatic rings. The van der Waals surface area contributed by atoms with Crippen molar-refractivity contribution in [3.8, 4) is 0 Å². The van der Waals surface area contributed by atoms with Gasteiger partial charge in [0.25, 0.3) is 0 Å². The summed E-state index contributed by atoms with van der Waals surface area (Å²) in [5.41, 5.74) is 4.67. The van der Waals surface area contributed by atoms with Gasteiger partial charge in [0.1, 0.15) is 0 Å². The first-order chi connectivity index (χ1) is 7.11. The normalized spacial score (nSPS) is 12.9. The third kappa shape index (κ3) is 3.49. The van der Waals surface area contributed by atoms with Crippen LogP contribution in [-0.2, 0) is 12.6 Å². The molecule has 0 unspecified atom stereocenters. The van der Waals surface area contributed by atoms with Crippen molar-refractivity contribution in [2.75, 3.05) is 0 Å². The summed E-state index contributed by atoms with van der Waals surface area (Å²) >= 11 is 3.14. The molecule has 5 heteroatoms. The molecule has 0 saturated carbocycles. The van der Waals surface area contributed by atoms with E-state index in [1.165, 1.54) is 6.07 Å². The highest BCUT2D eigenvalue weighted by Crippen LogP contribution is 2.36. The predicted octanol–water partition coefficient (Wildman–Crippen LogP) is 3.75. The van der Waals surface area contributed by atoms with Crippen molar-refractivity contribution in [2.45, 2.75) is 32.0 Å². The maximum absolute atomic E-state index is 12.7. The molecule has 90 valence electrons. The van der Waals surface area contributed by atoms with Crippen LogP contribution in [0.1, 0.15) is 25.0 Å². The Hall–Kier alpha value is -0.550. The summed E-state index contributed by atoms with van der Waals surface area (Å²) in [5, 5.41) is 0. The highest BCUT2D eigenvalue weighted by molar-refractivity contribution is 9.10. The van der Waals surface area contributed by atoms with Crippen LogP contribution in [0, 0.1) is 0 Å². The standard InChI is InChI=1S/C11H13BrF3N/c1-10(2,16)6-7-8(11(13,14)15)4-3-5-9(7)12/h3-5H,6,16H2,1-2H3. The highest BCUT2D eigenvalue weighted by Gasteiger charge is 2.34. The maximum atomic E-state index is 12.7. The number of halogens is 4. The third-order valence-corrected chi connectivity index (χ3v) is 2.80. The fourth-order valence-electron chi connectivity index (χ4n) is 1.46. The lowest BCUT2D eigenvalue weighted by molar-refractivity contribution is -0.138. The van der Waals surface area contributed by atoms with Gasteiger partial charge >= 0.3 is 6.18 Å². The second kappa shape index (κ2) is 4.37. The molecule has 0 heterocycles. The van der Waals surface area contributed by atoms with E-state index in [-0.39, 0.29) is 12.0 Å². The van der Waals surface area contributed by atoms with Gasteiger partial charge in [0, 0.05) is 10.0 Å². The van der Waals surface area contributed by atoms with Crippen molar-refractivity contribution >= 4 is 15.9 Å². The average molecular weight is 296 g/mol. The van der Waals surface area contributed by atoms with Crippen molar-refractivity contribution in [3.63, 3.8) is 0 Å². The minimum absolute atomic E-state index is 0.170. The lowest BCUT2D eigenvalue weighted by Crippen LogP contribution is -2.35. The van der Waals surface area contributed by atoms with Crippen LogP contribution in [0.4, 0.5) is 13.2 Å². The molecule has 0 aliphatic heterocycles. The molecular weight excluding hydrogens is 283 g/mol. The zero-order valence-electron chi connectivity index (χ0n) is 9.03. The largest absolute Gasteiger partial charge is 0.416 e. The number of nitrogens with two attached hydrogens (primary N) is 1. The number of hydrogen-bond donors (Lipinski definition) is 1. The van der Waals surface area contributed by atoms with E-state index in [4.69, 9.17) is 5.73 Å². The van der Waals surface area contributed by atoms with Gasteiger partial charge in [-0.3, -0.25) is 0 Å². The predicted molar refractivity (Wildman–Crippen MR) is 61.1 cm³/mol. The first kappa shape index (κ1) is 13.5. The number of rotatable bonds is 2. The van der Waals surface area contributed by atoms with Gasteiger partial charge in [0.15, 0.2) is 0 Å². The van der Waals surface area contributed by atoms with Crippen LogP contribution in [0.3, 0.4) is 0 Å². The van der Waals surface area contributed by atoms with E-state index in [1.807, 2.05) is 0 Å². The van der Waals surface area contributed by atoms with Gasteiger partial charge in [-0.1, -0.05) is 22.0 Å². The lowest BCUT2D eigenvalue weighted by atomic mass is 9.93. The van der Waals surface area contributed by atoms with Crippen molar-refractivity contribution in [2.24, 2.45) is 5.73 Å². The molecule has 0 saturated heterocycles. The minimum Gasteiger partial charge on any atom is -0.325 e. The molecule has 1 rings (SSSR count). The Morgan fingerprint density at radius 2 is 1.81 bits per heavy atom. The summed E-state index contributed by atoms with van der Waals surface area (Å²) in [6.07, 6.45) is -4.17. The SMILES string of the molecule is CC(C)(N)Cc1c(Br)cccc1C(F)(F)F. The molecule has 0 fully saturated rings. The highest BCUT2D eigenvalue weighted by atomic mass is 79.9. The van der Waals surface area contributed by atoms with E-state index in [9.17, 15) is 13.2 Å². The first-order valence-corrected chi connectivity index (χ1v) is 5.54. The van der Waals surface area contributed by atoms with Crippen LogP contribution >= 0.6 is 15.9 Å². The van der Waals surface area contributed by atoms with Crippen molar-refractivity contribution < 1.29 is 13.2 Å². The Morgan fingerprint density at radius 3 is 2.25 bits per heavy atom. The number of alkyl halides is 3. The van der Waals surface area contributed by atoms with Crippen LogP contribution in [0.15, 0.2) is 22.7 Å². The van der Waals surface area contributed by atoms with E-state index < -0.39 is 17.3 Å². The molecule has 2 N–H and O–H groups in total. The van der Waals surface area contributed by atoms with E-state index in [0.717, 1.165) is 6.07 Å². The molecule has 0 radical (unpaired) electrons. The first-order valence-electron chi connectivity index (χ1n) is 4.75. The number of hydrogen-bond acceptors (Lipinski definition) is 1. The lowest BCUT2D eigenvalue weighted by Gasteiger charge is -2.22. The quantitative estimate of drug-likeness (QED) is 0.883. The summed E-state index contributed by atoms with van der Waals surface area (Å²) in [7, 11) is 0. The zero-order chi connectivity index (χ0) is 12.6. The second-order valence-corrected chi connectivity index (χ2v) is 5.28. The van der Waals surface area contributed by atoms with Gasteiger partial charge in [-0.05, 0) is 38.0 Å². The summed E-state index contributed by atoms with van der Waals surface area (Å²) in [6.45, 7) is 3.40. The molecule has 1 aromatic carbocycles. The topological polar surface area (TPSA) is 26.0 Å². The Labute approximate surface area is 101 Å². The summed E-state index contributed by atoms with van der Waals surface area (Å²) in [6, 6.07) is 4.04.